The summed E-state index contributed by atoms with van der Waals surface area (Å²) in [5.41, 5.74) is 2.67. The minimum Gasteiger partial charge on any atom is -0.378 e. The molecule has 0 aromatic heterocycles. The number of nitrogens with zero attached hydrogens (tertiary/aromatic N) is 1. The van der Waals surface area contributed by atoms with Crippen molar-refractivity contribution in [3.05, 3.63) is 68.2 Å². The topological polar surface area (TPSA) is 55.2 Å². The van der Waals surface area contributed by atoms with Crippen LogP contribution in [0.15, 0.2) is 46.9 Å². The molecule has 0 amide bonds. The lowest BCUT2D eigenvalue weighted by Crippen LogP contribution is -2.09. The van der Waals surface area contributed by atoms with Crippen LogP contribution in [0.5, 0.6) is 0 Å². The molecule has 0 radical (unpaired) electrons. The van der Waals surface area contributed by atoms with E-state index in [4.69, 9.17) is 0 Å². The molecule has 20 heavy (non-hydrogen) atoms. The molecule has 104 valence electrons. The highest BCUT2D eigenvalue weighted by molar-refractivity contribution is 9.10. The van der Waals surface area contributed by atoms with Crippen LogP contribution in [-0.4, -0.2) is 4.92 Å². The van der Waals surface area contributed by atoms with Crippen LogP contribution in [0.1, 0.15) is 24.1 Å². The van der Waals surface area contributed by atoms with Crippen molar-refractivity contribution < 1.29 is 4.92 Å². The second kappa shape index (κ2) is 6.05. The summed E-state index contributed by atoms with van der Waals surface area (Å²) in [6, 6.07) is 13.0. The molecule has 2 aromatic carbocycles. The fraction of sp³-hybridized carbons (Fsp3) is 0.200. The quantitative estimate of drug-likeness (QED) is 0.642. The average molecular weight is 335 g/mol. The first-order valence-corrected chi connectivity index (χ1v) is 7.05. The Balaban J connectivity index is 2.29. The van der Waals surface area contributed by atoms with Crippen LogP contribution in [0, 0.1) is 17.0 Å². The van der Waals surface area contributed by atoms with E-state index in [1.54, 1.807) is 13.0 Å². The number of benzene rings is 2. The Hall–Kier alpha value is -1.88. The van der Waals surface area contributed by atoms with E-state index in [-0.39, 0.29) is 16.7 Å². The molecule has 0 fully saturated rings. The second-order valence-corrected chi connectivity index (χ2v) is 5.45. The Bertz CT molecular complexity index is 644. The maximum Gasteiger partial charge on any atom is 0.274 e. The number of hydrogen-bond acceptors (Lipinski definition) is 3. The van der Waals surface area contributed by atoms with Crippen LogP contribution in [-0.2, 0) is 0 Å². The number of hydrogen-bond donors (Lipinski definition) is 1. The zero-order valence-electron chi connectivity index (χ0n) is 11.3. The smallest absolute Gasteiger partial charge is 0.274 e. The third-order valence-corrected chi connectivity index (χ3v) is 3.97. The summed E-state index contributed by atoms with van der Waals surface area (Å²) in [6.45, 7) is 3.78. The van der Waals surface area contributed by atoms with Crippen LogP contribution in [0.4, 0.5) is 11.4 Å². The lowest BCUT2D eigenvalue weighted by molar-refractivity contribution is -0.385. The van der Waals surface area contributed by atoms with E-state index in [1.165, 1.54) is 6.07 Å². The lowest BCUT2D eigenvalue weighted by Gasteiger charge is -2.18. The number of rotatable bonds is 4. The van der Waals surface area contributed by atoms with Gasteiger partial charge in [0.25, 0.3) is 5.69 Å². The van der Waals surface area contributed by atoms with Gasteiger partial charge >= 0.3 is 0 Å². The molecule has 0 saturated heterocycles. The van der Waals surface area contributed by atoms with Crippen molar-refractivity contribution in [3.63, 3.8) is 0 Å². The van der Waals surface area contributed by atoms with E-state index < -0.39 is 0 Å². The fourth-order valence-electron chi connectivity index (χ4n) is 2.11. The Morgan fingerprint density at radius 1 is 1.20 bits per heavy atom. The van der Waals surface area contributed by atoms with Crippen LogP contribution in [0.25, 0.3) is 0 Å². The first-order chi connectivity index (χ1) is 9.50. The normalized spacial score (nSPS) is 11.9. The van der Waals surface area contributed by atoms with Crippen LogP contribution in [0.2, 0.25) is 0 Å². The van der Waals surface area contributed by atoms with Crippen LogP contribution < -0.4 is 5.32 Å². The van der Waals surface area contributed by atoms with Crippen LogP contribution in [0.3, 0.4) is 0 Å². The Kier molecular flexibility index (Phi) is 4.39. The minimum atomic E-state index is -0.358. The monoisotopic (exact) mass is 334 g/mol. The van der Waals surface area contributed by atoms with Crippen molar-refractivity contribution in [1.82, 2.24) is 0 Å². The van der Waals surface area contributed by atoms with E-state index >= 15 is 0 Å². The Morgan fingerprint density at radius 3 is 2.55 bits per heavy atom. The van der Waals surface area contributed by atoms with Gasteiger partial charge in [-0.05, 0) is 31.5 Å². The average Bonchev–Trinajstić information content (AvgIpc) is 2.41. The molecule has 2 aromatic rings. The summed E-state index contributed by atoms with van der Waals surface area (Å²) in [4.78, 5) is 10.6. The van der Waals surface area contributed by atoms with Gasteiger partial charge in [0.2, 0.25) is 0 Å². The summed E-state index contributed by atoms with van der Waals surface area (Å²) in [5, 5.41) is 14.3. The summed E-state index contributed by atoms with van der Waals surface area (Å²) >= 11 is 3.52. The molecule has 0 saturated carbocycles. The van der Waals surface area contributed by atoms with Crippen molar-refractivity contribution in [2.45, 2.75) is 19.9 Å². The first-order valence-electron chi connectivity index (χ1n) is 6.25. The molecule has 4 nitrogen and oxygen atoms in total. The van der Waals surface area contributed by atoms with Gasteiger partial charge in [0.05, 0.1) is 4.92 Å². The largest absolute Gasteiger partial charge is 0.378 e. The maximum absolute atomic E-state index is 11.0. The zero-order chi connectivity index (χ0) is 14.7. The number of nitro benzene ring substituents is 1. The van der Waals surface area contributed by atoms with Gasteiger partial charge in [0, 0.05) is 27.8 Å². The molecule has 0 bridgehead atoms. The van der Waals surface area contributed by atoms with Crippen molar-refractivity contribution in [2.75, 3.05) is 5.32 Å². The summed E-state index contributed by atoms with van der Waals surface area (Å²) in [5.74, 6) is 0. The van der Waals surface area contributed by atoms with E-state index in [0.717, 1.165) is 15.7 Å². The van der Waals surface area contributed by atoms with Crippen molar-refractivity contribution in [3.8, 4) is 0 Å². The van der Waals surface area contributed by atoms with E-state index in [9.17, 15) is 10.1 Å². The third-order valence-electron chi connectivity index (χ3n) is 3.25. The van der Waals surface area contributed by atoms with Crippen molar-refractivity contribution in [1.29, 1.82) is 0 Å². The first kappa shape index (κ1) is 14.5. The highest BCUT2D eigenvalue weighted by Crippen LogP contribution is 2.30. The molecular weight excluding hydrogens is 320 g/mol. The Labute approximate surface area is 126 Å². The molecule has 0 heterocycles. The Morgan fingerprint density at radius 2 is 1.90 bits per heavy atom. The molecule has 0 aliphatic rings. The number of nitrogens with one attached hydrogen (secondary N) is 1. The molecule has 5 heteroatoms. The molecule has 1 atom stereocenters. The standard InChI is InChI=1S/C15H15BrN2O2/c1-10-14(8-5-9-15(10)18(19)20)17-11(2)12-6-3-4-7-13(12)16/h3-9,11,17H,1-2H3. The highest BCUT2D eigenvalue weighted by Gasteiger charge is 2.15. The molecular formula is C15H15BrN2O2. The molecule has 2 rings (SSSR count). The molecule has 0 aliphatic carbocycles. The predicted octanol–water partition coefficient (Wildman–Crippen LogP) is 4.84. The van der Waals surface area contributed by atoms with Gasteiger partial charge in [-0.15, -0.1) is 0 Å². The van der Waals surface area contributed by atoms with Crippen LogP contribution >= 0.6 is 15.9 Å². The molecule has 0 spiro atoms. The van der Waals surface area contributed by atoms with Gasteiger partial charge in [-0.1, -0.05) is 40.2 Å². The van der Waals surface area contributed by atoms with Gasteiger partial charge in [-0.3, -0.25) is 10.1 Å². The highest BCUT2D eigenvalue weighted by atomic mass is 79.9. The molecule has 0 aliphatic heterocycles. The van der Waals surface area contributed by atoms with E-state index in [0.29, 0.717) is 5.56 Å². The minimum absolute atomic E-state index is 0.0475. The second-order valence-electron chi connectivity index (χ2n) is 4.59. The maximum atomic E-state index is 11.0. The zero-order valence-corrected chi connectivity index (χ0v) is 12.8. The third kappa shape index (κ3) is 2.99. The van der Waals surface area contributed by atoms with Gasteiger partial charge in [0.1, 0.15) is 0 Å². The van der Waals surface area contributed by atoms with Gasteiger partial charge in [0.15, 0.2) is 0 Å². The van der Waals surface area contributed by atoms with E-state index in [2.05, 4.69) is 21.2 Å². The van der Waals surface area contributed by atoms with Gasteiger partial charge in [-0.25, -0.2) is 0 Å². The van der Waals surface area contributed by atoms with Crippen molar-refractivity contribution in [2.24, 2.45) is 0 Å². The van der Waals surface area contributed by atoms with Crippen molar-refractivity contribution >= 4 is 27.3 Å². The van der Waals surface area contributed by atoms with E-state index in [1.807, 2.05) is 37.3 Å². The van der Waals surface area contributed by atoms with Gasteiger partial charge in [-0.2, -0.15) is 0 Å². The SMILES string of the molecule is Cc1c(NC(C)c2ccccc2Br)cccc1[N+](=O)[O-]. The fourth-order valence-corrected chi connectivity index (χ4v) is 2.74. The summed E-state index contributed by atoms with van der Waals surface area (Å²) in [6.07, 6.45) is 0. The molecule has 1 N–H and O–H groups in total. The number of halogens is 1. The van der Waals surface area contributed by atoms with Gasteiger partial charge < -0.3 is 5.32 Å². The number of nitro groups is 1. The lowest BCUT2D eigenvalue weighted by atomic mass is 10.1. The number of anilines is 1. The summed E-state index contributed by atoms with van der Waals surface area (Å²) < 4.78 is 1.02. The predicted molar refractivity (Wildman–Crippen MR) is 84.0 cm³/mol. The molecule has 1 unspecified atom stereocenters. The summed E-state index contributed by atoms with van der Waals surface area (Å²) in [7, 11) is 0.